The number of hydrogen-bond acceptors (Lipinski definition) is 0. The second kappa shape index (κ2) is 11.9. The molecule has 1 heteroatoms. The van der Waals surface area contributed by atoms with Gasteiger partial charge in [0.1, 0.15) is 0 Å². The Balaban J connectivity index is 0.00000645. The SMILES string of the molecule is CC(C)(C)c1cc(C(C)(C)C)c(-c2[c-]c(-c3c(C(C)(C)C)cc(C(C)(C)C)cc3C(C)(C)C)ccc2)c(C(C)(C)C)c1.[Li+]. The summed E-state index contributed by atoms with van der Waals surface area (Å²) in [5.41, 5.74) is 13.6. The Morgan fingerprint density at radius 2 is 0.605 bits per heavy atom. The van der Waals surface area contributed by atoms with Crippen molar-refractivity contribution >= 4 is 0 Å². The molecular formula is C42H61Li. The Bertz CT molecular complexity index is 1260. The summed E-state index contributed by atoms with van der Waals surface area (Å²) in [5, 5.41) is 0. The van der Waals surface area contributed by atoms with Crippen molar-refractivity contribution in [3.8, 4) is 22.3 Å². The monoisotopic (exact) mass is 572 g/mol. The van der Waals surface area contributed by atoms with Gasteiger partial charge in [-0.05, 0) is 43.6 Å². The van der Waals surface area contributed by atoms with Crippen LogP contribution in [-0.4, -0.2) is 0 Å². The molecule has 0 saturated heterocycles. The minimum atomic E-state index is -0.0120. The number of benzene rings is 3. The minimum Gasteiger partial charge on any atom is -0.129 e. The molecule has 3 aromatic carbocycles. The van der Waals surface area contributed by atoms with E-state index in [-0.39, 0.29) is 51.4 Å². The van der Waals surface area contributed by atoms with E-state index in [1.165, 1.54) is 55.6 Å². The molecule has 3 rings (SSSR count). The maximum absolute atomic E-state index is 4.04. The van der Waals surface area contributed by atoms with Crippen LogP contribution in [0.15, 0.2) is 42.5 Å². The smallest absolute Gasteiger partial charge is 0.129 e. The third-order valence-corrected chi connectivity index (χ3v) is 8.57. The second-order valence-corrected chi connectivity index (χ2v) is 18.9. The largest absolute Gasteiger partial charge is 1.00 e. The topological polar surface area (TPSA) is 0 Å². The Morgan fingerprint density at radius 1 is 0.372 bits per heavy atom. The summed E-state index contributed by atoms with van der Waals surface area (Å²) in [6.45, 7) is 42.3. The van der Waals surface area contributed by atoms with Gasteiger partial charge in [0.15, 0.2) is 0 Å². The maximum atomic E-state index is 4.04. The van der Waals surface area contributed by atoms with Gasteiger partial charge >= 0.3 is 18.9 Å². The zero-order valence-corrected chi connectivity index (χ0v) is 31.5. The van der Waals surface area contributed by atoms with Crippen LogP contribution in [-0.2, 0) is 32.5 Å². The summed E-state index contributed by atoms with van der Waals surface area (Å²) in [5.74, 6) is 0. The van der Waals surface area contributed by atoms with Crippen molar-refractivity contribution in [3.05, 3.63) is 81.9 Å². The van der Waals surface area contributed by atoms with Gasteiger partial charge in [-0.15, -0.1) is 35.4 Å². The van der Waals surface area contributed by atoms with Gasteiger partial charge in [-0.2, -0.15) is 0 Å². The molecule has 0 bridgehead atoms. The Kier molecular flexibility index (Phi) is 10.3. The third kappa shape index (κ3) is 8.30. The first-order valence-corrected chi connectivity index (χ1v) is 16.1. The van der Waals surface area contributed by atoms with Crippen LogP contribution in [0.1, 0.15) is 158 Å². The van der Waals surface area contributed by atoms with Crippen LogP contribution in [0.3, 0.4) is 0 Å². The van der Waals surface area contributed by atoms with E-state index in [0.717, 1.165) is 0 Å². The summed E-state index contributed by atoms with van der Waals surface area (Å²) in [7, 11) is 0. The summed E-state index contributed by atoms with van der Waals surface area (Å²) < 4.78 is 0. The van der Waals surface area contributed by atoms with Gasteiger partial charge in [-0.1, -0.05) is 182 Å². The molecule has 0 unspecified atom stereocenters. The molecule has 230 valence electrons. The predicted molar refractivity (Wildman–Crippen MR) is 188 cm³/mol. The standard InChI is InChI=1S/C42H61.Li/c1-37(2,3)29-23-31(39(7,8)9)35(32(24-29)40(10,11)12)27-20-19-21-28(22-27)36-33(41(13,14)15)25-30(38(4,5)6)26-34(36)42(16,17)18;/h19-21,23-26H,1-18H3;/q-1;+1. The first-order chi connectivity index (χ1) is 18.6. The van der Waals surface area contributed by atoms with Gasteiger partial charge in [0.25, 0.3) is 0 Å². The summed E-state index contributed by atoms with van der Waals surface area (Å²) in [6.07, 6.45) is 0. The summed E-state index contributed by atoms with van der Waals surface area (Å²) in [6, 6.07) is 20.8. The van der Waals surface area contributed by atoms with Crippen LogP contribution in [0.2, 0.25) is 0 Å². The Hall–Kier alpha value is -1.74. The molecule has 0 aromatic heterocycles. The fraction of sp³-hybridized carbons (Fsp3) is 0.571. The molecule has 0 aliphatic heterocycles. The number of hydrogen-bond donors (Lipinski definition) is 0. The van der Waals surface area contributed by atoms with Gasteiger partial charge in [-0.3, -0.25) is 0 Å². The molecule has 43 heavy (non-hydrogen) atoms. The Labute approximate surface area is 279 Å². The van der Waals surface area contributed by atoms with E-state index in [1.807, 2.05) is 0 Å². The normalized spacial score (nSPS) is 13.6. The van der Waals surface area contributed by atoms with Crippen LogP contribution < -0.4 is 18.9 Å². The van der Waals surface area contributed by atoms with Crippen LogP contribution in [0.25, 0.3) is 22.3 Å². The van der Waals surface area contributed by atoms with Crippen molar-refractivity contribution in [1.29, 1.82) is 0 Å². The molecule has 0 atom stereocenters. The molecule has 0 nitrogen and oxygen atoms in total. The van der Waals surface area contributed by atoms with Crippen molar-refractivity contribution in [2.24, 2.45) is 0 Å². The number of rotatable bonds is 2. The average Bonchev–Trinajstić information content (AvgIpc) is 2.79. The van der Waals surface area contributed by atoms with Crippen LogP contribution in [0.5, 0.6) is 0 Å². The maximum Gasteiger partial charge on any atom is 1.00 e. The van der Waals surface area contributed by atoms with Crippen molar-refractivity contribution in [1.82, 2.24) is 0 Å². The summed E-state index contributed by atoms with van der Waals surface area (Å²) >= 11 is 0. The molecule has 0 aliphatic rings. The van der Waals surface area contributed by atoms with E-state index >= 15 is 0 Å². The molecule has 0 N–H and O–H groups in total. The van der Waals surface area contributed by atoms with Gasteiger partial charge in [0, 0.05) is 0 Å². The van der Waals surface area contributed by atoms with E-state index in [0.29, 0.717) is 0 Å². The van der Waals surface area contributed by atoms with E-state index in [1.54, 1.807) is 0 Å². The molecule has 0 saturated carbocycles. The first kappa shape index (κ1) is 37.4. The van der Waals surface area contributed by atoms with E-state index in [2.05, 4.69) is 173 Å². The third-order valence-electron chi connectivity index (χ3n) is 8.57. The van der Waals surface area contributed by atoms with Crippen molar-refractivity contribution in [2.45, 2.75) is 157 Å². The molecule has 0 spiro atoms. The quantitative estimate of drug-likeness (QED) is 0.212. The molecule has 0 aliphatic carbocycles. The molecule has 3 aromatic rings. The molecule has 0 fully saturated rings. The minimum absolute atomic E-state index is 0. The zero-order chi connectivity index (χ0) is 32.4. The van der Waals surface area contributed by atoms with Crippen molar-refractivity contribution in [3.63, 3.8) is 0 Å². The second-order valence-electron chi connectivity index (χ2n) is 18.9. The predicted octanol–water partition coefficient (Wildman–Crippen LogP) is 9.61. The van der Waals surface area contributed by atoms with E-state index in [9.17, 15) is 0 Å². The fourth-order valence-electron chi connectivity index (χ4n) is 5.86. The van der Waals surface area contributed by atoms with Crippen LogP contribution >= 0.6 is 0 Å². The molecular weight excluding hydrogens is 511 g/mol. The molecule has 0 heterocycles. The molecule has 0 radical (unpaired) electrons. The average molecular weight is 573 g/mol. The van der Waals surface area contributed by atoms with Gasteiger partial charge in [0.05, 0.1) is 0 Å². The van der Waals surface area contributed by atoms with Crippen LogP contribution in [0.4, 0.5) is 0 Å². The van der Waals surface area contributed by atoms with E-state index in [4.69, 9.17) is 0 Å². The van der Waals surface area contributed by atoms with Crippen molar-refractivity contribution < 1.29 is 18.9 Å². The Morgan fingerprint density at radius 3 is 0.791 bits per heavy atom. The van der Waals surface area contributed by atoms with E-state index < -0.39 is 0 Å². The van der Waals surface area contributed by atoms with Gasteiger partial charge in [0.2, 0.25) is 0 Å². The van der Waals surface area contributed by atoms with Gasteiger partial charge in [-0.25, -0.2) is 0 Å². The van der Waals surface area contributed by atoms with Crippen LogP contribution in [0, 0.1) is 6.07 Å². The first-order valence-electron chi connectivity index (χ1n) is 16.1. The van der Waals surface area contributed by atoms with Crippen molar-refractivity contribution in [2.75, 3.05) is 0 Å². The summed E-state index contributed by atoms with van der Waals surface area (Å²) in [4.78, 5) is 0. The molecule has 0 amide bonds. The fourth-order valence-corrected chi connectivity index (χ4v) is 5.86. The van der Waals surface area contributed by atoms with Gasteiger partial charge < -0.3 is 0 Å². The zero-order valence-electron chi connectivity index (χ0n) is 31.5.